The standard InChI is InChI=1S/C25H24N6O3/c1-16-14-30(24(33)17-5-3-2-4-6-17)9-10-31(16)25(34)23(32)20-13-29-21-19(7-8-28-22(20)21)18-11-26-15-27-12-18/h2-8,11-12,15-16,20,29H,9-10,13-14H2,1H3/t16-,20?/m1/s1. The van der Waals surface area contributed by atoms with Crippen LogP contribution in [0.4, 0.5) is 5.69 Å². The van der Waals surface area contributed by atoms with Crippen LogP contribution in [0.2, 0.25) is 0 Å². The molecule has 2 aromatic heterocycles. The van der Waals surface area contributed by atoms with Crippen molar-refractivity contribution in [3.05, 3.63) is 72.6 Å². The summed E-state index contributed by atoms with van der Waals surface area (Å²) in [4.78, 5) is 55.1. The van der Waals surface area contributed by atoms with Crippen molar-refractivity contribution in [2.45, 2.75) is 18.9 Å². The third-order valence-corrected chi connectivity index (χ3v) is 6.39. The highest BCUT2D eigenvalue weighted by molar-refractivity contribution is 6.38. The molecule has 0 radical (unpaired) electrons. The average Bonchev–Trinajstić information content (AvgIpc) is 3.33. The molecule has 2 amide bonds. The van der Waals surface area contributed by atoms with Crippen molar-refractivity contribution in [3.8, 4) is 11.1 Å². The molecule has 1 fully saturated rings. The Kier molecular flexibility index (Phi) is 5.75. The minimum absolute atomic E-state index is 0.0681. The molecule has 0 aliphatic carbocycles. The Morgan fingerprint density at radius 3 is 2.53 bits per heavy atom. The van der Waals surface area contributed by atoms with Gasteiger partial charge < -0.3 is 15.1 Å². The molecule has 1 aromatic carbocycles. The maximum atomic E-state index is 13.3. The summed E-state index contributed by atoms with van der Waals surface area (Å²) in [6.45, 7) is 3.24. The lowest BCUT2D eigenvalue weighted by atomic mass is 9.97. The highest BCUT2D eigenvalue weighted by Gasteiger charge is 2.40. The van der Waals surface area contributed by atoms with Crippen LogP contribution >= 0.6 is 0 Å². The van der Waals surface area contributed by atoms with Gasteiger partial charge in [0.05, 0.1) is 17.3 Å². The first kappa shape index (κ1) is 21.7. The molecule has 2 aliphatic heterocycles. The molecule has 34 heavy (non-hydrogen) atoms. The Balaban J connectivity index is 1.30. The number of nitrogens with zero attached hydrogens (tertiary/aromatic N) is 5. The third-order valence-electron chi connectivity index (χ3n) is 6.39. The van der Waals surface area contributed by atoms with Crippen molar-refractivity contribution in [1.82, 2.24) is 24.8 Å². The summed E-state index contributed by atoms with van der Waals surface area (Å²) in [6.07, 6.45) is 6.48. The molecule has 172 valence electrons. The highest BCUT2D eigenvalue weighted by Crippen LogP contribution is 2.38. The van der Waals surface area contributed by atoms with Crippen molar-refractivity contribution in [2.75, 3.05) is 31.5 Å². The Morgan fingerprint density at radius 1 is 1.03 bits per heavy atom. The number of amides is 2. The molecule has 0 bridgehead atoms. The van der Waals surface area contributed by atoms with Gasteiger partial charge in [0.15, 0.2) is 0 Å². The van der Waals surface area contributed by atoms with Gasteiger partial charge >= 0.3 is 0 Å². The molecular formula is C25H24N6O3. The van der Waals surface area contributed by atoms with Gasteiger partial charge in [0.25, 0.3) is 11.8 Å². The van der Waals surface area contributed by atoms with E-state index in [2.05, 4.69) is 20.3 Å². The van der Waals surface area contributed by atoms with Gasteiger partial charge in [0, 0.05) is 67.5 Å². The monoisotopic (exact) mass is 456 g/mol. The molecule has 1 saturated heterocycles. The van der Waals surface area contributed by atoms with Gasteiger partial charge in [-0.3, -0.25) is 19.4 Å². The first-order valence-electron chi connectivity index (χ1n) is 11.2. The van der Waals surface area contributed by atoms with Crippen molar-refractivity contribution < 1.29 is 14.4 Å². The number of hydrogen-bond donors (Lipinski definition) is 1. The van der Waals surface area contributed by atoms with Gasteiger partial charge in [-0.2, -0.15) is 0 Å². The molecule has 2 atom stereocenters. The van der Waals surface area contributed by atoms with E-state index in [1.54, 1.807) is 40.5 Å². The fourth-order valence-corrected chi connectivity index (χ4v) is 4.62. The summed E-state index contributed by atoms with van der Waals surface area (Å²) in [6, 6.07) is 10.6. The topological polar surface area (TPSA) is 108 Å². The molecule has 0 spiro atoms. The molecular weight excluding hydrogens is 432 g/mol. The Labute approximate surface area is 196 Å². The number of aromatic nitrogens is 3. The fraction of sp³-hybridized carbons (Fsp3) is 0.280. The van der Waals surface area contributed by atoms with Gasteiger partial charge in [-0.15, -0.1) is 0 Å². The van der Waals surface area contributed by atoms with Crippen LogP contribution < -0.4 is 5.32 Å². The zero-order chi connectivity index (χ0) is 23.7. The van der Waals surface area contributed by atoms with Gasteiger partial charge in [-0.25, -0.2) is 9.97 Å². The molecule has 1 unspecified atom stereocenters. The number of hydrogen-bond acceptors (Lipinski definition) is 7. The molecule has 2 aliphatic rings. The minimum atomic E-state index is -0.664. The van der Waals surface area contributed by atoms with Crippen LogP contribution in [0.15, 0.2) is 61.3 Å². The van der Waals surface area contributed by atoms with E-state index in [9.17, 15) is 14.4 Å². The van der Waals surface area contributed by atoms with Crippen LogP contribution in [-0.2, 0) is 9.59 Å². The van der Waals surface area contributed by atoms with Crippen molar-refractivity contribution in [1.29, 1.82) is 0 Å². The Bertz CT molecular complexity index is 1230. The predicted molar refractivity (Wildman–Crippen MR) is 125 cm³/mol. The van der Waals surface area contributed by atoms with Crippen LogP contribution in [-0.4, -0.2) is 74.6 Å². The number of benzene rings is 1. The maximum Gasteiger partial charge on any atom is 0.291 e. The zero-order valence-corrected chi connectivity index (χ0v) is 18.7. The first-order chi connectivity index (χ1) is 16.5. The third kappa shape index (κ3) is 3.89. The summed E-state index contributed by atoms with van der Waals surface area (Å²) >= 11 is 0. The zero-order valence-electron chi connectivity index (χ0n) is 18.7. The SMILES string of the molecule is C[C@@H]1CN(C(=O)c2ccccc2)CCN1C(=O)C(=O)C1CNc2c(-c3cncnc3)ccnc21. The predicted octanol–water partition coefficient (Wildman–Crippen LogP) is 1.99. The number of carbonyl (C=O) groups is 3. The largest absolute Gasteiger partial charge is 0.382 e. The maximum absolute atomic E-state index is 13.3. The number of ketones is 1. The van der Waals surface area contributed by atoms with Gasteiger partial charge in [-0.1, -0.05) is 18.2 Å². The number of Topliss-reactive ketones (excluding diaryl/α,β-unsaturated/α-hetero) is 1. The van der Waals surface area contributed by atoms with E-state index < -0.39 is 17.6 Å². The van der Waals surface area contributed by atoms with E-state index in [-0.39, 0.29) is 11.9 Å². The van der Waals surface area contributed by atoms with Gasteiger partial charge in [0.1, 0.15) is 6.33 Å². The normalized spacial score (nSPS) is 19.3. The number of pyridine rings is 1. The van der Waals surface area contributed by atoms with E-state index in [1.807, 2.05) is 31.2 Å². The number of anilines is 1. The van der Waals surface area contributed by atoms with E-state index in [0.717, 1.165) is 16.8 Å². The molecule has 5 rings (SSSR count). The minimum Gasteiger partial charge on any atom is -0.382 e. The average molecular weight is 457 g/mol. The summed E-state index contributed by atoms with van der Waals surface area (Å²) in [5, 5.41) is 3.24. The second-order valence-corrected chi connectivity index (χ2v) is 8.51. The molecule has 9 nitrogen and oxygen atoms in total. The number of carbonyl (C=O) groups excluding carboxylic acids is 3. The summed E-state index contributed by atoms with van der Waals surface area (Å²) in [5.74, 6) is -1.76. The van der Waals surface area contributed by atoms with E-state index in [0.29, 0.717) is 37.4 Å². The summed E-state index contributed by atoms with van der Waals surface area (Å²) in [7, 11) is 0. The molecule has 9 heteroatoms. The molecule has 3 aromatic rings. The Morgan fingerprint density at radius 2 is 1.79 bits per heavy atom. The van der Waals surface area contributed by atoms with Crippen LogP contribution in [0.5, 0.6) is 0 Å². The van der Waals surface area contributed by atoms with Gasteiger partial charge in [-0.05, 0) is 25.1 Å². The number of nitrogens with one attached hydrogen (secondary N) is 1. The van der Waals surface area contributed by atoms with E-state index in [1.165, 1.54) is 6.33 Å². The van der Waals surface area contributed by atoms with Crippen LogP contribution in [0.3, 0.4) is 0 Å². The molecule has 4 heterocycles. The summed E-state index contributed by atoms with van der Waals surface area (Å²) in [5.41, 5.74) is 3.56. The van der Waals surface area contributed by atoms with Crippen molar-refractivity contribution >= 4 is 23.3 Å². The van der Waals surface area contributed by atoms with Crippen LogP contribution in [0.25, 0.3) is 11.1 Å². The fourth-order valence-electron chi connectivity index (χ4n) is 4.62. The number of rotatable bonds is 4. The highest BCUT2D eigenvalue weighted by atomic mass is 16.2. The quantitative estimate of drug-likeness (QED) is 0.598. The number of fused-ring (bicyclic) bond motifs is 1. The smallest absolute Gasteiger partial charge is 0.291 e. The van der Waals surface area contributed by atoms with Crippen LogP contribution in [0.1, 0.15) is 28.9 Å². The van der Waals surface area contributed by atoms with Crippen LogP contribution in [0, 0.1) is 0 Å². The first-order valence-corrected chi connectivity index (χ1v) is 11.2. The lowest BCUT2D eigenvalue weighted by molar-refractivity contribution is -0.148. The lowest BCUT2D eigenvalue weighted by Gasteiger charge is -2.39. The number of piperazine rings is 1. The van der Waals surface area contributed by atoms with Gasteiger partial charge in [0.2, 0.25) is 5.78 Å². The van der Waals surface area contributed by atoms with Crippen molar-refractivity contribution in [2.24, 2.45) is 0 Å². The molecule has 0 saturated carbocycles. The van der Waals surface area contributed by atoms with Crippen molar-refractivity contribution in [3.63, 3.8) is 0 Å². The van der Waals surface area contributed by atoms with E-state index >= 15 is 0 Å². The second-order valence-electron chi connectivity index (χ2n) is 8.51. The van der Waals surface area contributed by atoms with E-state index in [4.69, 9.17) is 0 Å². The summed E-state index contributed by atoms with van der Waals surface area (Å²) < 4.78 is 0. The second kappa shape index (κ2) is 9.01. The molecule has 1 N–H and O–H groups in total. The lowest BCUT2D eigenvalue weighted by Crippen LogP contribution is -2.57. The Hall–Kier alpha value is -4.14.